The molecule has 4 heterocycles. The lowest BCUT2D eigenvalue weighted by atomic mass is 9.46. The fourth-order valence-corrected chi connectivity index (χ4v) is 6.11. The number of piperidine rings is 1. The normalized spacial score (nSPS) is 19.7. The van der Waals surface area contributed by atoms with Crippen molar-refractivity contribution in [2.24, 2.45) is 7.05 Å². The molecule has 0 aliphatic carbocycles. The van der Waals surface area contributed by atoms with Crippen molar-refractivity contribution >= 4 is 47.1 Å². The van der Waals surface area contributed by atoms with Crippen LogP contribution >= 0.6 is 0 Å². The lowest BCUT2D eigenvalue weighted by Crippen LogP contribution is -2.68. The van der Waals surface area contributed by atoms with E-state index in [1.807, 2.05) is 0 Å². The van der Waals surface area contributed by atoms with Crippen molar-refractivity contribution in [1.29, 1.82) is 0 Å². The van der Waals surface area contributed by atoms with Crippen molar-refractivity contribution in [2.75, 3.05) is 0 Å². The van der Waals surface area contributed by atoms with Crippen LogP contribution in [0.2, 0.25) is 0 Å². The summed E-state index contributed by atoms with van der Waals surface area (Å²) in [6.45, 7) is 0. The molecule has 0 bridgehead atoms. The quantitative estimate of drug-likeness (QED) is 0.523. The van der Waals surface area contributed by atoms with Crippen molar-refractivity contribution in [3.8, 4) is 0 Å². The lowest BCUT2D eigenvalue weighted by Gasteiger charge is -2.56. The maximum absolute atomic E-state index is 14.8. The van der Waals surface area contributed by atoms with Crippen LogP contribution in [0.15, 0.2) is 29.7 Å². The Bertz CT molecular complexity index is 1280. The standard InChI is InChI=1S/C16H13B4F3N6O2S/c1-27-13(14(22)23)11(5-25-27)32(30,31)29-15(17,18)3-8(4-16(29,19)20)9-6-28-12(2-10(9)21)24-7-26-28/h2,5-8,14H,3-4H2,1H3. The number of hydrogen-bond acceptors (Lipinski definition) is 5. The third-order valence-electron chi connectivity index (χ3n) is 5.41. The maximum atomic E-state index is 14.8. The summed E-state index contributed by atoms with van der Waals surface area (Å²) >= 11 is 0. The van der Waals surface area contributed by atoms with Gasteiger partial charge in [-0.3, -0.25) is 4.68 Å². The number of aromatic nitrogens is 5. The molecule has 1 fully saturated rings. The zero-order valence-electron chi connectivity index (χ0n) is 16.7. The molecule has 0 N–H and O–H groups in total. The zero-order valence-corrected chi connectivity index (χ0v) is 17.5. The molecule has 0 amide bonds. The Balaban J connectivity index is 1.78. The molecule has 0 saturated carbocycles. The average molecular weight is 454 g/mol. The van der Waals surface area contributed by atoms with Crippen molar-refractivity contribution in [3.63, 3.8) is 0 Å². The molecule has 16 heteroatoms. The predicted octanol–water partition coefficient (Wildman–Crippen LogP) is 0.0894. The molecule has 158 valence electrons. The number of aryl methyl sites for hydroxylation is 1. The number of halogens is 3. The van der Waals surface area contributed by atoms with E-state index in [9.17, 15) is 21.6 Å². The van der Waals surface area contributed by atoms with Crippen LogP contribution in [0.4, 0.5) is 13.2 Å². The monoisotopic (exact) mass is 454 g/mol. The molecule has 1 aliphatic heterocycles. The largest absolute Gasteiger partial charge is 0.281 e. The molecular weight excluding hydrogens is 441 g/mol. The highest BCUT2D eigenvalue weighted by molar-refractivity contribution is 7.89. The van der Waals surface area contributed by atoms with Crippen LogP contribution in [0.1, 0.15) is 36.4 Å². The second-order valence-corrected chi connectivity index (χ2v) is 9.57. The molecule has 0 unspecified atom stereocenters. The first-order valence-corrected chi connectivity index (χ1v) is 10.7. The van der Waals surface area contributed by atoms with Gasteiger partial charge in [0.05, 0.1) is 37.6 Å². The Morgan fingerprint density at radius 2 is 1.78 bits per heavy atom. The summed E-state index contributed by atoms with van der Waals surface area (Å²) in [6, 6.07) is 1.14. The molecule has 0 atom stereocenters. The van der Waals surface area contributed by atoms with E-state index in [0.29, 0.717) is 4.31 Å². The number of nitrogens with zero attached hydrogens (tertiary/aromatic N) is 6. The lowest BCUT2D eigenvalue weighted by molar-refractivity contribution is 0.136. The molecule has 8 radical (unpaired) electrons. The molecule has 1 saturated heterocycles. The fourth-order valence-electron chi connectivity index (χ4n) is 4.21. The number of sulfonamides is 1. The molecular formula is C16H13B4F3N6O2S. The average Bonchev–Trinajstić information content (AvgIpc) is 3.24. The van der Waals surface area contributed by atoms with Gasteiger partial charge in [-0.15, -0.1) is 0 Å². The van der Waals surface area contributed by atoms with E-state index in [0.717, 1.165) is 24.0 Å². The van der Waals surface area contributed by atoms with E-state index in [-0.39, 0.29) is 24.1 Å². The number of fused-ring (bicyclic) bond motifs is 1. The van der Waals surface area contributed by atoms with E-state index >= 15 is 0 Å². The molecule has 8 nitrogen and oxygen atoms in total. The van der Waals surface area contributed by atoms with Gasteiger partial charge >= 0.3 is 0 Å². The zero-order chi connectivity index (χ0) is 23.6. The summed E-state index contributed by atoms with van der Waals surface area (Å²) in [7, 11) is 20.8. The SMILES string of the molecule is [B]C1([B])CC(c2cn3ncnc3cc2F)CC([B])([B])N1S(=O)(=O)c1cnn(C)c1C(F)F. The highest BCUT2D eigenvalue weighted by Crippen LogP contribution is 2.45. The van der Waals surface area contributed by atoms with Crippen LogP contribution < -0.4 is 0 Å². The second kappa shape index (κ2) is 7.41. The summed E-state index contributed by atoms with van der Waals surface area (Å²) in [5.41, 5.74) is -0.530. The second-order valence-electron chi connectivity index (χ2n) is 7.81. The molecule has 3 aromatic rings. The summed E-state index contributed by atoms with van der Waals surface area (Å²) in [5.74, 6) is -1.48. The predicted molar refractivity (Wildman–Crippen MR) is 111 cm³/mol. The van der Waals surface area contributed by atoms with Crippen molar-refractivity contribution < 1.29 is 21.6 Å². The van der Waals surface area contributed by atoms with Crippen LogP contribution in [-0.2, 0) is 17.1 Å². The van der Waals surface area contributed by atoms with Crippen LogP contribution in [0, 0.1) is 5.82 Å². The Morgan fingerprint density at radius 1 is 1.16 bits per heavy atom. The van der Waals surface area contributed by atoms with Gasteiger partial charge in [0.25, 0.3) is 6.43 Å². The van der Waals surface area contributed by atoms with Gasteiger partial charge in [0.1, 0.15) is 22.7 Å². The summed E-state index contributed by atoms with van der Waals surface area (Å²) < 4.78 is 70.9. The van der Waals surface area contributed by atoms with E-state index in [1.54, 1.807) is 0 Å². The van der Waals surface area contributed by atoms with E-state index in [2.05, 4.69) is 15.2 Å². The first-order valence-electron chi connectivity index (χ1n) is 9.25. The summed E-state index contributed by atoms with van der Waals surface area (Å²) in [4.78, 5) is 3.05. The molecule has 4 rings (SSSR count). The van der Waals surface area contributed by atoms with Gasteiger partial charge in [-0.05, 0) is 29.4 Å². The van der Waals surface area contributed by atoms with E-state index < -0.39 is 49.4 Å². The van der Waals surface area contributed by atoms with Crippen LogP contribution in [0.3, 0.4) is 0 Å². The highest BCUT2D eigenvalue weighted by atomic mass is 32.2. The maximum Gasteiger partial charge on any atom is 0.281 e. The third kappa shape index (κ3) is 3.57. The van der Waals surface area contributed by atoms with Gasteiger partial charge in [-0.25, -0.2) is 35.4 Å². The molecule has 0 aromatic carbocycles. The first kappa shape index (κ1) is 23.0. The van der Waals surface area contributed by atoms with Crippen molar-refractivity contribution in [1.82, 2.24) is 28.7 Å². The van der Waals surface area contributed by atoms with Gasteiger partial charge in [-0.2, -0.15) is 10.2 Å². The Labute approximate surface area is 187 Å². The summed E-state index contributed by atoms with van der Waals surface area (Å²) in [5, 5.41) is 3.04. The van der Waals surface area contributed by atoms with E-state index in [1.165, 1.54) is 17.0 Å². The van der Waals surface area contributed by atoms with Crippen LogP contribution in [0.25, 0.3) is 5.65 Å². The van der Waals surface area contributed by atoms with Gasteiger partial charge in [0, 0.05) is 24.9 Å². The highest BCUT2D eigenvalue weighted by Gasteiger charge is 2.51. The minimum atomic E-state index is -4.82. The third-order valence-corrected chi connectivity index (χ3v) is 7.44. The Morgan fingerprint density at radius 3 is 2.38 bits per heavy atom. The number of pyridine rings is 1. The molecule has 0 spiro atoms. The summed E-state index contributed by atoms with van der Waals surface area (Å²) in [6.07, 6.45) is -0.465. The van der Waals surface area contributed by atoms with Crippen LogP contribution in [0.5, 0.6) is 0 Å². The van der Waals surface area contributed by atoms with E-state index in [4.69, 9.17) is 31.4 Å². The molecule has 3 aromatic heterocycles. The molecule has 32 heavy (non-hydrogen) atoms. The smallest absolute Gasteiger partial charge is 0.265 e. The topological polar surface area (TPSA) is 85.4 Å². The van der Waals surface area contributed by atoms with Gasteiger partial charge in [0.15, 0.2) is 5.65 Å². The Kier molecular flexibility index (Phi) is 5.32. The van der Waals surface area contributed by atoms with Gasteiger partial charge < -0.3 is 0 Å². The number of rotatable bonds is 4. The minimum Gasteiger partial charge on any atom is -0.265 e. The van der Waals surface area contributed by atoms with Crippen molar-refractivity contribution in [3.05, 3.63) is 41.9 Å². The first-order chi connectivity index (χ1) is 14.8. The van der Waals surface area contributed by atoms with Crippen LogP contribution in [-0.4, -0.2) is 79.2 Å². The number of hydrogen-bond donors (Lipinski definition) is 0. The minimum absolute atomic E-state index is 0.0928. The fraction of sp³-hybridized carbons (Fsp3) is 0.438. The van der Waals surface area contributed by atoms with Crippen molar-refractivity contribution in [2.45, 2.75) is 40.8 Å². The molecule has 1 aliphatic rings. The Hall–Kier alpha value is -2.21. The van der Waals surface area contributed by atoms with Gasteiger partial charge in [-0.1, -0.05) is 0 Å². The van der Waals surface area contributed by atoms with Gasteiger partial charge in [0.2, 0.25) is 10.0 Å². The number of alkyl halides is 2.